The van der Waals surface area contributed by atoms with Gasteiger partial charge in [-0.05, 0) is 19.1 Å². The molecule has 0 bridgehead atoms. The molecule has 0 aromatic heterocycles. The van der Waals surface area contributed by atoms with Crippen LogP contribution in [0.5, 0.6) is 5.75 Å². The van der Waals surface area contributed by atoms with Gasteiger partial charge in [0.1, 0.15) is 0 Å². The third-order valence-corrected chi connectivity index (χ3v) is 3.48. The van der Waals surface area contributed by atoms with E-state index in [9.17, 15) is 4.39 Å². The van der Waals surface area contributed by atoms with Crippen LogP contribution >= 0.6 is 0 Å². The van der Waals surface area contributed by atoms with Crippen molar-refractivity contribution in [3.05, 3.63) is 24.0 Å². The van der Waals surface area contributed by atoms with Crippen LogP contribution in [0.3, 0.4) is 0 Å². The first kappa shape index (κ1) is 14.1. The number of benzene rings is 1. The van der Waals surface area contributed by atoms with Crippen molar-refractivity contribution in [3.63, 3.8) is 0 Å². The van der Waals surface area contributed by atoms with E-state index in [1.807, 2.05) is 24.9 Å². The number of nitrogens with zero attached hydrogens (tertiary/aromatic N) is 1. The first-order chi connectivity index (χ1) is 9.10. The molecular formula is C14H21FN2O2. The van der Waals surface area contributed by atoms with Gasteiger partial charge >= 0.3 is 0 Å². The summed E-state index contributed by atoms with van der Waals surface area (Å²) >= 11 is 0. The monoisotopic (exact) mass is 268 g/mol. The number of halogens is 1. The maximum Gasteiger partial charge on any atom is 0.167 e. The van der Waals surface area contributed by atoms with Crippen molar-refractivity contribution in [1.29, 1.82) is 0 Å². The van der Waals surface area contributed by atoms with Crippen LogP contribution in [0.4, 0.5) is 10.1 Å². The zero-order chi connectivity index (χ0) is 13.9. The highest BCUT2D eigenvalue weighted by Gasteiger charge is 2.38. The van der Waals surface area contributed by atoms with E-state index in [4.69, 9.17) is 15.2 Å². The number of rotatable bonds is 6. The molecule has 1 fully saturated rings. The summed E-state index contributed by atoms with van der Waals surface area (Å²) < 4.78 is 24.2. The van der Waals surface area contributed by atoms with E-state index in [1.54, 1.807) is 6.07 Å². The standard InChI is InChI=1S/C14H21FN2O2/c1-3-19-13-5-4-11(6-12(13)15)17(2)8-14(7-16)9-18-10-14/h4-6H,3,7-10,16H2,1-2H3. The Balaban J connectivity index is 2.06. The average molecular weight is 268 g/mol. The van der Waals surface area contributed by atoms with Crippen LogP contribution in [0.15, 0.2) is 18.2 Å². The van der Waals surface area contributed by atoms with Crippen molar-refractivity contribution in [2.75, 3.05) is 44.9 Å². The SMILES string of the molecule is CCOc1ccc(N(C)CC2(CN)COC2)cc1F. The lowest BCUT2D eigenvalue weighted by atomic mass is 9.85. The molecule has 0 amide bonds. The summed E-state index contributed by atoms with van der Waals surface area (Å²) in [6, 6.07) is 5.02. The lowest BCUT2D eigenvalue weighted by Gasteiger charge is -2.43. The molecule has 5 heteroatoms. The van der Waals surface area contributed by atoms with Gasteiger partial charge < -0.3 is 20.1 Å². The van der Waals surface area contributed by atoms with Gasteiger partial charge in [-0.25, -0.2) is 4.39 Å². The maximum atomic E-state index is 13.8. The van der Waals surface area contributed by atoms with Crippen molar-refractivity contribution in [2.45, 2.75) is 6.92 Å². The quantitative estimate of drug-likeness (QED) is 0.852. The van der Waals surface area contributed by atoms with Crippen molar-refractivity contribution in [3.8, 4) is 5.75 Å². The fraction of sp³-hybridized carbons (Fsp3) is 0.571. The minimum Gasteiger partial charge on any atom is -0.491 e. The number of hydrogen-bond donors (Lipinski definition) is 1. The largest absolute Gasteiger partial charge is 0.491 e. The Morgan fingerprint density at radius 3 is 2.68 bits per heavy atom. The van der Waals surface area contributed by atoms with E-state index in [-0.39, 0.29) is 11.2 Å². The lowest BCUT2D eigenvalue weighted by molar-refractivity contribution is -0.101. The summed E-state index contributed by atoms with van der Waals surface area (Å²) in [6.45, 7) is 4.98. The van der Waals surface area contributed by atoms with Gasteiger partial charge in [0.05, 0.1) is 19.8 Å². The van der Waals surface area contributed by atoms with Gasteiger partial charge in [0, 0.05) is 37.3 Å². The second-order valence-electron chi connectivity index (χ2n) is 5.10. The Morgan fingerprint density at radius 1 is 1.47 bits per heavy atom. The van der Waals surface area contributed by atoms with E-state index in [0.29, 0.717) is 32.1 Å². The highest BCUT2D eigenvalue weighted by Crippen LogP contribution is 2.30. The first-order valence-electron chi connectivity index (χ1n) is 6.51. The highest BCUT2D eigenvalue weighted by atomic mass is 19.1. The van der Waals surface area contributed by atoms with Crippen molar-refractivity contribution >= 4 is 5.69 Å². The third-order valence-electron chi connectivity index (χ3n) is 3.48. The van der Waals surface area contributed by atoms with Crippen molar-refractivity contribution in [2.24, 2.45) is 11.1 Å². The van der Waals surface area contributed by atoms with Gasteiger partial charge in [0.2, 0.25) is 0 Å². The van der Waals surface area contributed by atoms with Crippen LogP contribution in [0.25, 0.3) is 0 Å². The van der Waals surface area contributed by atoms with Gasteiger partial charge in [0.15, 0.2) is 11.6 Å². The van der Waals surface area contributed by atoms with Gasteiger partial charge in [-0.1, -0.05) is 0 Å². The summed E-state index contributed by atoms with van der Waals surface area (Å²) in [5.74, 6) is -0.0435. The predicted octanol–water partition coefficient (Wildman–Crippen LogP) is 1.64. The predicted molar refractivity (Wildman–Crippen MR) is 73.1 cm³/mol. The Labute approximate surface area is 113 Å². The zero-order valence-electron chi connectivity index (χ0n) is 11.5. The van der Waals surface area contributed by atoms with Gasteiger partial charge in [-0.2, -0.15) is 0 Å². The molecule has 2 rings (SSSR count). The fourth-order valence-electron chi connectivity index (χ4n) is 2.26. The summed E-state index contributed by atoms with van der Waals surface area (Å²) in [4.78, 5) is 2.01. The average Bonchev–Trinajstić information content (AvgIpc) is 2.36. The molecule has 0 aliphatic carbocycles. The lowest BCUT2D eigenvalue weighted by Crippen LogP contribution is -2.54. The van der Waals surface area contributed by atoms with E-state index in [2.05, 4.69) is 0 Å². The molecule has 0 unspecified atom stereocenters. The number of hydrogen-bond acceptors (Lipinski definition) is 4. The molecule has 1 aliphatic rings. The second kappa shape index (κ2) is 5.75. The van der Waals surface area contributed by atoms with E-state index < -0.39 is 0 Å². The van der Waals surface area contributed by atoms with E-state index in [1.165, 1.54) is 6.07 Å². The van der Waals surface area contributed by atoms with Gasteiger partial charge in [-0.15, -0.1) is 0 Å². The second-order valence-corrected chi connectivity index (χ2v) is 5.10. The number of anilines is 1. The summed E-state index contributed by atoms with van der Waals surface area (Å²) in [6.07, 6.45) is 0. The molecule has 1 saturated heterocycles. The van der Waals surface area contributed by atoms with Crippen LogP contribution < -0.4 is 15.4 Å². The maximum absolute atomic E-state index is 13.8. The Kier molecular flexibility index (Phi) is 4.27. The zero-order valence-corrected chi connectivity index (χ0v) is 11.5. The molecule has 0 radical (unpaired) electrons. The van der Waals surface area contributed by atoms with Crippen LogP contribution in [-0.4, -0.2) is 40.0 Å². The smallest absolute Gasteiger partial charge is 0.167 e. The molecule has 106 valence electrons. The molecule has 0 atom stereocenters. The molecule has 19 heavy (non-hydrogen) atoms. The van der Waals surface area contributed by atoms with Crippen LogP contribution in [0.2, 0.25) is 0 Å². The normalized spacial score (nSPS) is 16.8. The summed E-state index contributed by atoms with van der Waals surface area (Å²) in [5, 5.41) is 0. The topological polar surface area (TPSA) is 47.7 Å². The molecule has 4 nitrogen and oxygen atoms in total. The van der Waals surface area contributed by atoms with Crippen molar-refractivity contribution in [1.82, 2.24) is 0 Å². The van der Waals surface area contributed by atoms with Gasteiger partial charge in [-0.3, -0.25) is 0 Å². The van der Waals surface area contributed by atoms with Crippen molar-refractivity contribution < 1.29 is 13.9 Å². The fourth-order valence-corrected chi connectivity index (χ4v) is 2.26. The van der Waals surface area contributed by atoms with Crippen LogP contribution in [0, 0.1) is 11.2 Å². The van der Waals surface area contributed by atoms with Crippen LogP contribution in [-0.2, 0) is 4.74 Å². The first-order valence-corrected chi connectivity index (χ1v) is 6.51. The Hall–Kier alpha value is -1.33. The molecule has 0 spiro atoms. The molecule has 1 heterocycles. The molecule has 1 aliphatic heterocycles. The molecule has 0 saturated carbocycles. The highest BCUT2D eigenvalue weighted by molar-refractivity contribution is 5.49. The molecule has 2 N–H and O–H groups in total. The van der Waals surface area contributed by atoms with Gasteiger partial charge in [0.25, 0.3) is 0 Å². The van der Waals surface area contributed by atoms with Crippen LogP contribution in [0.1, 0.15) is 6.92 Å². The number of nitrogens with two attached hydrogens (primary N) is 1. The summed E-state index contributed by atoms with van der Waals surface area (Å²) in [5.41, 5.74) is 6.61. The minimum atomic E-state index is -0.335. The Morgan fingerprint density at radius 2 is 2.21 bits per heavy atom. The molecular weight excluding hydrogens is 247 g/mol. The minimum absolute atomic E-state index is 0.00379. The van der Waals surface area contributed by atoms with E-state index >= 15 is 0 Å². The molecule has 1 aromatic carbocycles. The molecule has 1 aromatic rings. The van der Waals surface area contributed by atoms with E-state index in [0.717, 1.165) is 12.2 Å². The Bertz CT molecular complexity index is 430. The summed E-state index contributed by atoms with van der Waals surface area (Å²) in [7, 11) is 1.94. The number of ether oxygens (including phenoxy) is 2. The third kappa shape index (κ3) is 2.98.